The molecule has 1 aromatic rings. The standard InChI is InChI=1S/C22H29BrF4O/c1-2-3-14-4-6-15(7-5-14)16-8-10-17(11-9-16)22(26,27)28-19-13-12-18(23)20(24)21(19)25/h12-17H,2-11H2,1H3. The Hall–Kier alpha value is -0.780. The molecule has 158 valence electrons. The zero-order valence-electron chi connectivity index (χ0n) is 16.3. The molecule has 2 aliphatic carbocycles. The summed E-state index contributed by atoms with van der Waals surface area (Å²) in [6.07, 6.45) is 6.29. The highest BCUT2D eigenvalue weighted by atomic mass is 79.9. The van der Waals surface area contributed by atoms with Crippen LogP contribution in [0.15, 0.2) is 16.6 Å². The van der Waals surface area contributed by atoms with Crippen LogP contribution in [0.3, 0.4) is 0 Å². The number of halogens is 5. The van der Waals surface area contributed by atoms with Crippen molar-refractivity contribution in [2.24, 2.45) is 23.7 Å². The summed E-state index contributed by atoms with van der Waals surface area (Å²) >= 11 is 2.83. The van der Waals surface area contributed by atoms with Crippen LogP contribution in [0.2, 0.25) is 0 Å². The van der Waals surface area contributed by atoms with Crippen molar-refractivity contribution in [1.82, 2.24) is 0 Å². The highest BCUT2D eigenvalue weighted by Gasteiger charge is 2.45. The maximum absolute atomic E-state index is 14.6. The maximum Gasteiger partial charge on any atom is 0.400 e. The van der Waals surface area contributed by atoms with Gasteiger partial charge in [0, 0.05) is 0 Å². The molecule has 1 nitrogen and oxygen atoms in total. The summed E-state index contributed by atoms with van der Waals surface area (Å²) in [5, 5.41) is 0. The van der Waals surface area contributed by atoms with Crippen LogP contribution in [0.1, 0.15) is 71.1 Å². The van der Waals surface area contributed by atoms with Crippen molar-refractivity contribution in [3.63, 3.8) is 0 Å². The monoisotopic (exact) mass is 464 g/mol. The summed E-state index contributed by atoms with van der Waals surface area (Å²) in [4.78, 5) is 0. The van der Waals surface area contributed by atoms with Crippen LogP contribution >= 0.6 is 15.9 Å². The largest absolute Gasteiger partial charge is 0.429 e. The van der Waals surface area contributed by atoms with Crippen molar-refractivity contribution >= 4 is 15.9 Å². The van der Waals surface area contributed by atoms with E-state index in [1.54, 1.807) is 0 Å². The Morgan fingerprint density at radius 3 is 2.07 bits per heavy atom. The molecule has 0 atom stereocenters. The molecule has 0 saturated heterocycles. The number of benzene rings is 1. The summed E-state index contributed by atoms with van der Waals surface area (Å²) in [7, 11) is 0. The zero-order valence-corrected chi connectivity index (χ0v) is 17.9. The van der Waals surface area contributed by atoms with Crippen LogP contribution in [-0.2, 0) is 0 Å². The molecular weight excluding hydrogens is 436 g/mol. The quantitative estimate of drug-likeness (QED) is 0.305. The lowest BCUT2D eigenvalue weighted by atomic mass is 9.68. The fourth-order valence-electron chi connectivity index (χ4n) is 5.10. The Balaban J connectivity index is 1.53. The third-order valence-corrected chi connectivity index (χ3v) is 7.36. The fraction of sp³-hybridized carbons (Fsp3) is 0.727. The van der Waals surface area contributed by atoms with Crippen LogP contribution in [-0.4, -0.2) is 6.11 Å². The van der Waals surface area contributed by atoms with E-state index in [0.717, 1.165) is 24.8 Å². The molecular formula is C22H29BrF4O. The van der Waals surface area contributed by atoms with Gasteiger partial charge in [-0.05, 0) is 84.3 Å². The zero-order chi connectivity index (χ0) is 20.3. The normalized spacial score (nSPS) is 28.9. The van der Waals surface area contributed by atoms with Crippen molar-refractivity contribution < 1.29 is 22.3 Å². The van der Waals surface area contributed by atoms with Crippen molar-refractivity contribution in [3.8, 4) is 5.75 Å². The summed E-state index contributed by atoms with van der Waals surface area (Å²) in [6.45, 7) is 2.23. The van der Waals surface area contributed by atoms with Crippen molar-refractivity contribution in [1.29, 1.82) is 0 Å². The van der Waals surface area contributed by atoms with E-state index >= 15 is 0 Å². The highest BCUT2D eigenvalue weighted by molar-refractivity contribution is 9.10. The van der Waals surface area contributed by atoms with Gasteiger partial charge in [0.15, 0.2) is 11.6 Å². The van der Waals surface area contributed by atoms with Crippen LogP contribution in [0.4, 0.5) is 17.6 Å². The Kier molecular flexibility index (Phi) is 7.32. The van der Waals surface area contributed by atoms with E-state index in [2.05, 4.69) is 27.6 Å². The Labute approximate surface area is 173 Å². The van der Waals surface area contributed by atoms with Gasteiger partial charge < -0.3 is 4.74 Å². The summed E-state index contributed by atoms with van der Waals surface area (Å²) < 4.78 is 61.2. The topological polar surface area (TPSA) is 9.23 Å². The molecule has 2 fully saturated rings. The Morgan fingerprint density at radius 1 is 0.929 bits per heavy atom. The molecule has 0 heterocycles. The van der Waals surface area contributed by atoms with Gasteiger partial charge in [-0.25, -0.2) is 4.39 Å². The Bertz CT molecular complexity index is 650. The first-order valence-corrected chi connectivity index (χ1v) is 11.3. The first-order chi connectivity index (χ1) is 13.3. The van der Waals surface area contributed by atoms with Gasteiger partial charge in [-0.1, -0.05) is 32.6 Å². The second kappa shape index (κ2) is 9.36. The molecule has 1 aromatic carbocycles. The smallest absolute Gasteiger partial charge is 0.400 e. The third-order valence-electron chi connectivity index (χ3n) is 6.75. The van der Waals surface area contributed by atoms with Gasteiger partial charge in [-0.2, -0.15) is 13.2 Å². The van der Waals surface area contributed by atoms with E-state index in [0.29, 0.717) is 24.7 Å². The van der Waals surface area contributed by atoms with Gasteiger partial charge in [-0.3, -0.25) is 0 Å². The molecule has 0 spiro atoms. The minimum atomic E-state index is -3.50. The predicted octanol–water partition coefficient (Wildman–Crippen LogP) is 8.11. The van der Waals surface area contributed by atoms with Gasteiger partial charge in [0.05, 0.1) is 10.4 Å². The first-order valence-electron chi connectivity index (χ1n) is 10.5. The first kappa shape index (κ1) is 21.9. The third kappa shape index (κ3) is 5.03. The SMILES string of the molecule is CCCC1CCC(C2CCC(C(F)(F)Oc3ccc(Br)c(F)c3F)CC2)CC1. The van der Waals surface area contributed by atoms with E-state index in [9.17, 15) is 17.6 Å². The minimum Gasteiger partial charge on any atom is -0.429 e. The number of hydrogen-bond acceptors (Lipinski definition) is 1. The number of alkyl halides is 2. The number of rotatable bonds is 6. The van der Waals surface area contributed by atoms with E-state index in [1.807, 2.05) is 0 Å². The molecule has 0 N–H and O–H groups in total. The van der Waals surface area contributed by atoms with Crippen molar-refractivity contribution in [2.45, 2.75) is 77.2 Å². The molecule has 2 aliphatic rings. The van der Waals surface area contributed by atoms with E-state index in [-0.39, 0.29) is 4.47 Å². The van der Waals surface area contributed by atoms with Crippen LogP contribution < -0.4 is 4.74 Å². The van der Waals surface area contributed by atoms with Crippen LogP contribution in [0.25, 0.3) is 0 Å². The molecule has 2 saturated carbocycles. The van der Waals surface area contributed by atoms with E-state index in [1.165, 1.54) is 44.6 Å². The summed E-state index contributed by atoms with van der Waals surface area (Å²) in [5.41, 5.74) is 0. The average Bonchev–Trinajstić information content (AvgIpc) is 2.69. The van der Waals surface area contributed by atoms with Crippen molar-refractivity contribution in [3.05, 3.63) is 28.2 Å². The second-order valence-electron chi connectivity index (χ2n) is 8.52. The fourth-order valence-corrected chi connectivity index (χ4v) is 5.41. The number of ether oxygens (including phenoxy) is 1. The average molecular weight is 465 g/mol. The van der Waals surface area contributed by atoms with Crippen LogP contribution in [0.5, 0.6) is 5.75 Å². The van der Waals surface area contributed by atoms with Gasteiger partial charge in [0.25, 0.3) is 0 Å². The van der Waals surface area contributed by atoms with E-state index < -0.39 is 29.4 Å². The lowest BCUT2D eigenvalue weighted by Crippen LogP contribution is -2.38. The molecule has 6 heteroatoms. The van der Waals surface area contributed by atoms with Gasteiger partial charge >= 0.3 is 6.11 Å². The maximum atomic E-state index is 14.6. The molecule has 0 bridgehead atoms. The minimum absolute atomic E-state index is 0.116. The number of hydrogen-bond donors (Lipinski definition) is 0. The van der Waals surface area contributed by atoms with Gasteiger partial charge in [0.1, 0.15) is 0 Å². The summed E-state index contributed by atoms with van der Waals surface area (Å²) in [6, 6.07) is 2.21. The molecule has 0 aliphatic heterocycles. The molecule has 3 rings (SSSR count). The van der Waals surface area contributed by atoms with Crippen molar-refractivity contribution in [2.75, 3.05) is 0 Å². The van der Waals surface area contributed by atoms with E-state index in [4.69, 9.17) is 0 Å². The van der Waals surface area contributed by atoms with Crippen LogP contribution in [0, 0.1) is 35.3 Å². The lowest BCUT2D eigenvalue weighted by molar-refractivity contribution is -0.225. The molecule has 0 amide bonds. The molecule has 28 heavy (non-hydrogen) atoms. The molecule has 0 aromatic heterocycles. The predicted molar refractivity (Wildman–Crippen MR) is 105 cm³/mol. The Morgan fingerprint density at radius 2 is 1.50 bits per heavy atom. The molecule has 0 unspecified atom stereocenters. The lowest BCUT2D eigenvalue weighted by Gasteiger charge is -2.39. The molecule has 0 radical (unpaired) electrons. The highest BCUT2D eigenvalue weighted by Crippen LogP contribution is 2.46. The summed E-state index contributed by atoms with van der Waals surface area (Å²) in [5.74, 6) is -2.27. The van der Waals surface area contributed by atoms with Gasteiger partial charge in [-0.15, -0.1) is 0 Å². The van der Waals surface area contributed by atoms with Gasteiger partial charge in [0.2, 0.25) is 5.82 Å². The second-order valence-corrected chi connectivity index (χ2v) is 9.37.